The van der Waals surface area contributed by atoms with E-state index in [0.717, 1.165) is 36.1 Å². The quantitative estimate of drug-likeness (QED) is 0.541. The Bertz CT molecular complexity index is 1030. The van der Waals surface area contributed by atoms with Crippen LogP contribution < -0.4 is 11.1 Å². The van der Waals surface area contributed by atoms with E-state index in [9.17, 15) is 9.59 Å². The van der Waals surface area contributed by atoms with Gasteiger partial charge in [0.1, 0.15) is 0 Å². The molecule has 172 valence electrons. The summed E-state index contributed by atoms with van der Waals surface area (Å²) in [6.45, 7) is 2.71. The van der Waals surface area contributed by atoms with E-state index < -0.39 is 0 Å². The van der Waals surface area contributed by atoms with Crippen molar-refractivity contribution in [1.82, 2.24) is 5.32 Å². The first-order chi connectivity index (χ1) is 16.0. The van der Waals surface area contributed by atoms with E-state index >= 15 is 0 Å². The van der Waals surface area contributed by atoms with Gasteiger partial charge in [0.2, 0.25) is 5.91 Å². The minimum Gasteiger partial charge on any atom is -0.369 e. The Morgan fingerprint density at radius 2 is 1.39 bits per heavy atom. The highest BCUT2D eigenvalue weighted by molar-refractivity contribution is 5.95. The van der Waals surface area contributed by atoms with Gasteiger partial charge >= 0.3 is 0 Å². The van der Waals surface area contributed by atoms with Crippen LogP contribution in [0.1, 0.15) is 59.2 Å². The molecule has 4 heteroatoms. The smallest absolute Gasteiger partial charge is 0.251 e. The molecule has 2 amide bonds. The molecule has 0 heterocycles. The number of hydrogen-bond acceptors (Lipinski definition) is 2. The number of aryl methyl sites for hydroxylation is 1. The molecule has 1 saturated carbocycles. The van der Waals surface area contributed by atoms with E-state index in [0.29, 0.717) is 6.42 Å². The fourth-order valence-electron chi connectivity index (χ4n) is 4.56. The maximum absolute atomic E-state index is 12.6. The normalized spacial score (nSPS) is 14.5. The Morgan fingerprint density at radius 1 is 0.818 bits per heavy atom. The zero-order valence-corrected chi connectivity index (χ0v) is 19.4. The Hall–Kier alpha value is -3.40. The lowest BCUT2D eigenvalue weighted by Crippen LogP contribution is -2.42. The Kier molecular flexibility index (Phi) is 8.82. The van der Waals surface area contributed by atoms with Crippen LogP contribution in [0.2, 0.25) is 0 Å². The van der Waals surface area contributed by atoms with Crippen molar-refractivity contribution in [1.29, 1.82) is 0 Å². The van der Waals surface area contributed by atoms with Crippen molar-refractivity contribution in [3.05, 3.63) is 107 Å². The maximum atomic E-state index is 12.6. The largest absolute Gasteiger partial charge is 0.369 e. The number of hydrogen-bond donors (Lipinski definition) is 2. The third-order valence-corrected chi connectivity index (χ3v) is 6.40. The SMILES string of the molecule is Cc1ccccc1C(=O)NCC1(c2ccccc2)CCCCC1.NC(=O)Cc1ccccc1. The van der Waals surface area contributed by atoms with Crippen molar-refractivity contribution in [2.45, 2.75) is 50.9 Å². The Balaban J connectivity index is 0.000000257. The van der Waals surface area contributed by atoms with Crippen LogP contribution in [-0.4, -0.2) is 18.4 Å². The fraction of sp³-hybridized carbons (Fsp3) is 0.310. The summed E-state index contributed by atoms with van der Waals surface area (Å²) in [5.41, 5.74) is 9.23. The molecule has 0 radical (unpaired) electrons. The molecule has 0 aliphatic heterocycles. The van der Waals surface area contributed by atoms with Crippen LogP contribution in [0.15, 0.2) is 84.9 Å². The summed E-state index contributed by atoms with van der Waals surface area (Å²) < 4.78 is 0. The molecule has 0 unspecified atom stereocenters. The minimum absolute atomic E-state index is 0.0454. The van der Waals surface area contributed by atoms with Crippen LogP contribution in [0.5, 0.6) is 0 Å². The lowest BCUT2D eigenvalue weighted by atomic mass is 9.69. The molecule has 33 heavy (non-hydrogen) atoms. The highest BCUT2D eigenvalue weighted by atomic mass is 16.2. The van der Waals surface area contributed by atoms with Crippen molar-refractivity contribution in [2.75, 3.05) is 6.54 Å². The molecule has 0 atom stereocenters. The third-order valence-electron chi connectivity index (χ3n) is 6.40. The summed E-state index contributed by atoms with van der Waals surface area (Å²) in [5.74, 6) is -0.241. The van der Waals surface area contributed by atoms with Crippen LogP contribution in [0.4, 0.5) is 0 Å². The molecule has 4 nitrogen and oxygen atoms in total. The minimum atomic E-state index is -0.286. The van der Waals surface area contributed by atoms with Crippen LogP contribution in [-0.2, 0) is 16.6 Å². The lowest BCUT2D eigenvalue weighted by Gasteiger charge is -2.38. The number of amides is 2. The van der Waals surface area contributed by atoms with Gasteiger partial charge in [0.05, 0.1) is 6.42 Å². The van der Waals surface area contributed by atoms with Crippen molar-refractivity contribution < 1.29 is 9.59 Å². The highest BCUT2D eigenvalue weighted by Gasteiger charge is 2.34. The number of carbonyl (C=O) groups is 2. The zero-order chi connectivity index (χ0) is 23.5. The average molecular weight is 443 g/mol. The van der Waals surface area contributed by atoms with Gasteiger partial charge in [-0.05, 0) is 42.5 Å². The van der Waals surface area contributed by atoms with Crippen molar-refractivity contribution in [3.63, 3.8) is 0 Å². The van der Waals surface area contributed by atoms with Crippen LogP contribution in [0.3, 0.4) is 0 Å². The maximum Gasteiger partial charge on any atom is 0.251 e. The van der Waals surface area contributed by atoms with E-state index in [1.807, 2.05) is 61.5 Å². The van der Waals surface area contributed by atoms with E-state index in [2.05, 4.69) is 35.6 Å². The Labute approximate surface area is 197 Å². The fourth-order valence-corrected chi connectivity index (χ4v) is 4.56. The van der Waals surface area contributed by atoms with Gasteiger partial charge in [-0.3, -0.25) is 9.59 Å². The van der Waals surface area contributed by atoms with E-state index in [1.165, 1.54) is 24.8 Å². The van der Waals surface area contributed by atoms with E-state index in [-0.39, 0.29) is 17.2 Å². The zero-order valence-electron chi connectivity index (χ0n) is 19.4. The number of carbonyl (C=O) groups excluding carboxylic acids is 2. The molecule has 0 spiro atoms. The molecule has 1 fully saturated rings. The van der Waals surface area contributed by atoms with Gasteiger partial charge < -0.3 is 11.1 Å². The van der Waals surface area contributed by atoms with Gasteiger partial charge in [0.15, 0.2) is 0 Å². The van der Waals surface area contributed by atoms with Gasteiger partial charge in [-0.15, -0.1) is 0 Å². The number of nitrogens with one attached hydrogen (secondary N) is 1. The van der Waals surface area contributed by atoms with Crippen molar-refractivity contribution >= 4 is 11.8 Å². The summed E-state index contributed by atoms with van der Waals surface area (Å²) in [6.07, 6.45) is 6.45. The van der Waals surface area contributed by atoms with Gasteiger partial charge in [0, 0.05) is 17.5 Å². The molecule has 4 rings (SSSR count). The molecule has 3 aromatic carbocycles. The van der Waals surface area contributed by atoms with Crippen LogP contribution in [0, 0.1) is 6.92 Å². The molecular formula is C29H34N2O2. The number of nitrogens with two attached hydrogens (primary N) is 1. The van der Waals surface area contributed by atoms with Gasteiger partial charge in [-0.1, -0.05) is 98.1 Å². The first kappa shape index (κ1) is 24.2. The molecule has 3 N–H and O–H groups in total. The van der Waals surface area contributed by atoms with Gasteiger partial charge in [-0.2, -0.15) is 0 Å². The van der Waals surface area contributed by atoms with Crippen LogP contribution in [0.25, 0.3) is 0 Å². The van der Waals surface area contributed by atoms with Crippen molar-refractivity contribution in [3.8, 4) is 0 Å². The van der Waals surface area contributed by atoms with E-state index in [4.69, 9.17) is 5.73 Å². The first-order valence-corrected chi connectivity index (χ1v) is 11.7. The summed E-state index contributed by atoms with van der Waals surface area (Å²) in [4.78, 5) is 23.0. The van der Waals surface area contributed by atoms with Gasteiger partial charge in [-0.25, -0.2) is 0 Å². The standard InChI is InChI=1S/C21H25NO.C8H9NO/c1-17-10-6-7-13-19(17)20(23)22-16-21(14-8-3-9-15-21)18-11-4-2-5-12-18;9-8(10)6-7-4-2-1-3-5-7/h2,4-7,10-13H,3,8-9,14-16H2,1H3,(H,22,23);1-5H,6H2,(H2,9,10). The lowest BCUT2D eigenvalue weighted by molar-refractivity contribution is -0.117. The van der Waals surface area contributed by atoms with Crippen molar-refractivity contribution in [2.24, 2.45) is 5.73 Å². The molecule has 0 saturated heterocycles. The monoisotopic (exact) mass is 442 g/mol. The predicted molar refractivity (Wildman–Crippen MR) is 134 cm³/mol. The predicted octanol–water partition coefficient (Wildman–Crippen LogP) is 5.34. The molecule has 0 bridgehead atoms. The highest BCUT2D eigenvalue weighted by Crippen LogP contribution is 2.39. The molecule has 1 aliphatic rings. The summed E-state index contributed by atoms with van der Waals surface area (Å²) >= 11 is 0. The Morgan fingerprint density at radius 3 is 2.00 bits per heavy atom. The topological polar surface area (TPSA) is 72.2 Å². The second-order valence-electron chi connectivity index (χ2n) is 8.83. The molecule has 1 aliphatic carbocycles. The molecule has 0 aromatic heterocycles. The summed E-state index contributed by atoms with van der Waals surface area (Å²) in [5, 5.41) is 3.21. The second kappa shape index (κ2) is 12.0. The first-order valence-electron chi connectivity index (χ1n) is 11.7. The molecular weight excluding hydrogens is 408 g/mol. The third kappa shape index (κ3) is 7.04. The molecule has 3 aromatic rings. The second-order valence-corrected chi connectivity index (χ2v) is 8.83. The van der Waals surface area contributed by atoms with Gasteiger partial charge in [0.25, 0.3) is 5.91 Å². The summed E-state index contributed by atoms with van der Waals surface area (Å²) in [7, 11) is 0. The van der Waals surface area contributed by atoms with E-state index in [1.54, 1.807) is 0 Å². The number of primary amides is 1. The number of benzene rings is 3. The number of rotatable bonds is 6. The summed E-state index contributed by atoms with van der Waals surface area (Å²) in [6, 6.07) is 27.9. The van der Waals surface area contributed by atoms with Crippen LogP contribution >= 0.6 is 0 Å². The average Bonchev–Trinajstić information content (AvgIpc) is 2.85.